The maximum atomic E-state index is 12.1. The monoisotopic (exact) mass is 286 g/mol. The summed E-state index contributed by atoms with van der Waals surface area (Å²) in [5.74, 6) is -0.742. The minimum atomic E-state index is -0.742. The second-order valence-corrected chi connectivity index (χ2v) is 5.56. The topological polar surface area (TPSA) is 78.9 Å². The number of urea groups is 1. The van der Waals surface area contributed by atoms with E-state index in [1.807, 2.05) is 13.8 Å². The van der Waals surface area contributed by atoms with Gasteiger partial charge in [-0.2, -0.15) is 0 Å². The number of carbonyl (C=O) groups excluding carboxylic acids is 1. The van der Waals surface area contributed by atoms with Crippen LogP contribution in [-0.2, 0) is 9.53 Å². The van der Waals surface area contributed by atoms with Gasteiger partial charge < -0.3 is 20.1 Å². The highest BCUT2D eigenvalue weighted by molar-refractivity contribution is 5.77. The van der Waals surface area contributed by atoms with Gasteiger partial charge in [0.15, 0.2) is 0 Å². The molecule has 1 aliphatic rings. The lowest BCUT2D eigenvalue weighted by molar-refractivity contribution is -0.151. The molecule has 0 aromatic heterocycles. The Morgan fingerprint density at radius 1 is 1.40 bits per heavy atom. The number of likely N-dealkylation sites (tertiary alicyclic amines) is 1. The number of carbonyl (C=O) groups is 2. The Balaban J connectivity index is 2.44. The molecule has 6 heteroatoms. The molecule has 0 saturated carbocycles. The molecule has 116 valence electrons. The van der Waals surface area contributed by atoms with Crippen molar-refractivity contribution in [3.8, 4) is 0 Å². The number of methoxy groups -OCH3 is 1. The van der Waals surface area contributed by atoms with Crippen molar-refractivity contribution in [1.29, 1.82) is 0 Å². The molecule has 2 amide bonds. The first-order valence-corrected chi connectivity index (χ1v) is 7.23. The zero-order chi connectivity index (χ0) is 15.2. The maximum absolute atomic E-state index is 12.1. The van der Waals surface area contributed by atoms with E-state index in [1.165, 1.54) is 0 Å². The highest BCUT2D eigenvalue weighted by Gasteiger charge is 2.40. The van der Waals surface area contributed by atoms with Gasteiger partial charge in [0.2, 0.25) is 0 Å². The fourth-order valence-corrected chi connectivity index (χ4v) is 2.53. The summed E-state index contributed by atoms with van der Waals surface area (Å²) >= 11 is 0. The van der Waals surface area contributed by atoms with Crippen molar-refractivity contribution in [2.75, 3.05) is 26.8 Å². The number of amides is 2. The van der Waals surface area contributed by atoms with Crippen LogP contribution in [0.3, 0.4) is 0 Å². The van der Waals surface area contributed by atoms with Crippen molar-refractivity contribution in [1.82, 2.24) is 10.2 Å². The first kappa shape index (κ1) is 16.8. The molecule has 0 aromatic carbocycles. The normalized spacial score (nSPS) is 19.4. The van der Waals surface area contributed by atoms with Crippen LogP contribution in [0.2, 0.25) is 0 Å². The summed E-state index contributed by atoms with van der Waals surface area (Å²) in [6.07, 6.45) is 2.43. The van der Waals surface area contributed by atoms with Crippen molar-refractivity contribution < 1.29 is 19.4 Å². The largest absolute Gasteiger partial charge is 0.481 e. The van der Waals surface area contributed by atoms with Crippen LogP contribution in [0.25, 0.3) is 0 Å². The zero-order valence-corrected chi connectivity index (χ0v) is 12.6. The number of nitrogens with one attached hydrogen (secondary N) is 1. The molecule has 1 saturated heterocycles. The Kier molecular flexibility index (Phi) is 6.26. The molecule has 1 heterocycles. The van der Waals surface area contributed by atoms with Crippen LogP contribution in [0.15, 0.2) is 0 Å². The molecule has 1 rings (SSSR count). The molecule has 0 spiro atoms. The number of piperidine rings is 1. The van der Waals surface area contributed by atoms with Gasteiger partial charge in [0.1, 0.15) is 0 Å². The van der Waals surface area contributed by atoms with Gasteiger partial charge in [-0.25, -0.2) is 4.79 Å². The second-order valence-electron chi connectivity index (χ2n) is 5.56. The van der Waals surface area contributed by atoms with Crippen molar-refractivity contribution in [2.45, 2.75) is 45.6 Å². The SMILES string of the molecule is CCC1(C(=O)O)CCN(C(=O)NC(C)CCOC)CC1. The van der Waals surface area contributed by atoms with Crippen LogP contribution in [0.5, 0.6) is 0 Å². The van der Waals surface area contributed by atoms with E-state index in [0.29, 0.717) is 39.0 Å². The van der Waals surface area contributed by atoms with E-state index in [-0.39, 0.29) is 12.1 Å². The van der Waals surface area contributed by atoms with Crippen molar-refractivity contribution in [2.24, 2.45) is 5.41 Å². The lowest BCUT2D eigenvalue weighted by Crippen LogP contribution is -2.51. The number of rotatable bonds is 6. The number of carboxylic acids is 1. The van der Waals surface area contributed by atoms with Crippen molar-refractivity contribution >= 4 is 12.0 Å². The summed E-state index contributed by atoms with van der Waals surface area (Å²) in [6, 6.07) is -0.0523. The Morgan fingerprint density at radius 3 is 2.45 bits per heavy atom. The molecule has 0 aliphatic carbocycles. The highest BCUT2D eigenvalue weighted by Crippen LogP contribution is 2.35. The number of hydrogen-bond donors (Lipinski definition) is 2. The van der Waals surface area contributed by atoms with Crippen LogP contribution in [0.1, 0.15) is 39.5 Å². The lowest BCUT2D eigenvalue weighted by Gasteiger charge is -2.38. The highest BCUT2D eigenvalue weighted by atomic mass is 16.5. The molecular formula is C14H26N2O4. The summed E-state index contributed by atoms with van der Waals surface area (Å²) < 4.78 is 4.98. The molecular weight excluding hydrogens is 260 g/mol. The summed E-state index contributed by atoms with van der Waals surface area (Å²) in [5, 5.41) is 12.2. The van der Waals surface area contributed by atoms with Gasteiger partial charge in [0.25, 0.3) is 0 Å². The fraction of sp³-hybridized carbons (Fsp3) is 0.857. The van der Waals surface area contributed by atoms with Crippen LogP contribution >= 0.6 is 0 Å². The fourth-order valence-electron chi connectivity index (χ4n) is 2.53. The van der Waals surface area contributed by atoms with Gasteiger partial charge >= 0.3 is 12.0 Å². The van der Waals surface area contributed by atoms with Crippen molar-refractivity contribution in [3.05, 3.63) is 0 Å². The number of carboxylic acid groups (broad SMARTS) is 1. The number of ether oxygens (including phenoxy) is 1. The quantitative estimate of drug-likeness (QED) is 0.779. The molecule has 0 aromatic rings. The van der Waals surface area contributed by atoms with E-state index in [1.54, 1.807) is 12.0 Å². The summed E-state index contributed by atoms with van der Waals surface area (Å²) in [5.41, 5.74) is -0.654. The predicted molar refractivity (Wildman–Crippen MR) is 75.7 cm³/mol. The van der Waals surface area contributed by atoms with E-state index < -0.39 is 11.4 Å². The number of hydrogen-bond acceptors (Lipinski definition) is 3. The molecule has 1 fully saturated rings. The standard InChI is InChI=1S/C14H26N2O4/c1-4-14(12(17)18)6-8-16(9-7-14)13(19)15-11(2)5-10-20-3/h11H,4-10H2,1-3H3,(H,15,19)(H,17,18). The molecule has 6 nitrogen and oxygen atoms in total. The van der Waals surface area contributed by atoms with Crippen LogP contribution in [0, 0.1) is 5.41 Å². The Hall–Kier alpha value is -1.30. The second kappa shape index (κ2) is 7.47. The van der Waals surface area contributed by atoms with Crippen molar-refractivity contribution in [3.63, 3.8) is 0 Å². The van der Waals surface area contributed by atoms with Gasteiger partial charge in [-0.15, -0.1) is 0 Å². The lowest BCUT2D eigenvalue weighted by atomic mass is 9.76. The third-order valence-electron chi connectivity index (χ3n) is 4.26. The van der Waals surface area contributed by atoms with Crippen LogP contribution < -0.4 is 5.32 Å². The molecule has 0 radical (unpaired) electrons. The molecule has 0 bridgehead atoms. The number of nitrogens with zero attached hydrogens (tertiary/aromatic N) is 1. The smallest absolute Gasteiger partial charge is 0.317 e. The minimum absolute atomic E-state index is 0.0554. The first-order chi connectivity index (χ1) is 9.45. The van der Waals surface area contributed by atoms with E-state index in [4.69, 9.17) is 4.74 Å². The average Bonchev–Trinajstić information content (AvgIpc) is 2.44. The minimum Gasteiger partial charge on any atom is -0.481 e. The molecule has 20 heavy (non-hydrogen) atoms. The predicted octanol–water partition coefficient (Wildman–Crippen LogP) is 1.70. The first-order valence-electron chi connectivity index (χ1n) is 7.23. The van der Waals surface area contributed by atoms with Crippen LogP contribution in [-0.4, -0.2) is 54.9 Å². The third-order valence-corrected chi connectivity index (χ3v) is 4.26. The van der Waals surface area contributed by atoms with E-state index in [9.17, 15) is 14.7 Å². The van der Waals surface area contributed by atoms with E-state index in [0.717, 1.165) is 6.42 Å². The third kappa shape index (κ3) is 4.10. The van der Waals surface area contributed by atoms with Gasteiger partial charge in [-0.1, -0.05) is 6.92 Å². The Bertz CT molecular complexity index is 338. The van der Waals surface area contributed by atoms with E-state index >= 15 is 0 Å². The molecule has 1 atom stereocenters. The summed E-state index contributed by atoms with van der Waals surface area (Å²) in [4.78, 5) is 25.1. The van der Waals surface area contributed by atoms with Gasteiger partial charge in [-0.05, 0) is 32.6 Å². The van der Waals surface area contributed by atoms with Gasteiger partial charge in [-0.3, -0.25) is 4.79 Å². The maximum Gasteiger partial charge on any atom is 0.317 e. The summed E-state index contributed by atoms with van der Waals surface area (Å²) in [7, 11) is 1.63. The summed E-state index contributed by atoms with van der Waals surface area (Å²) in [6.45, 7) is 5.45. The number of aliphatic carboxylic acids is 1. The van der Waals surface area contributed by atoms with Gasteiger partial charge in [0.05, 0.1) is 5.41 Å². The Morgan fingerprint density at radius 2 is 2.00 bits per heavy atom. The molecule has 2 N–H and O–H groups in total. The zero-order valence-electron chi connectivity index (χ0n) is 12.6. The van der Waals surface area contributed by atoms with Crippen LogP contribution in [0.4, 0.5) is 4.79 Å². The molecule has 1 unspecified atom stereocenters. The Labute approximate surface area is 120 Å². The van der Waals surface area contributed by atoms with E-state index in [2.05, 4.69) is 5.32 Å². The molecule has 1 aliphatic heterocycles. The average molecular weight is 286 g/mol. The van der Waals surface area contributed by atoms with Gasteiger partial charge in [0, 0.05) is 32.8 Å².